The summed E-state index contributed by atoms with van der Waals surface area (Å²) in [7, 11) is 0. The van der Waals surface area contributed by atoms with Crippen molar-refractivity contribution in [2.75, 3.05) is 4.90 Å². The van der Waals surface area contributed by atoms with Crippen LogP contribution < -0.4 is 4.90 Å². The monoisotopic (exact) mass is 691 g/mol. The highest BCUT2D eigenvalue weighted by Gasteiger charge is 2.53. The molecule has 54 heavy (non-hydrogen) atoms. The van der Waals surface area contributed by atoms with Crippen LogP contribution >= 0.6 is 0 Å². The number of rotatable bonds is 4. The van der Waals surface area contributed by atoms with Gasteiger partial charge in [-0.3, -0.25) is 0 Å². The number of fused-ring (bicyclic) bond motifs is 12. The number of nitrogens with zero attached hydrogens (tertiary/aromatic N) is 1. The summed E-state index contributed by atoms with van der Waals surface area (Å²) in [6.45, 7) is 4.78. The number of para-hydroxylation sites is 1. The van der Waals surface area contributed by atoms with Gasteiger partial charge in [-0.2, -0.15) is 0 Å². The van der Waals surface area contributed by atoms with Gasteiger partial charge in [0, 0.05) is 39.3 Å². The van der Waals surface area contributed by atoms with E-state index in [0.717, 1.165) is 39.0 Å². The van der Waals surface area contributed by atoms with Gasteiger partial charge in [0.25, 0.3) is 0 Å². The normalized spacial score (nSPS) is 14.4. The molecule has 0 N–H and O–H groups in total. The Balaban J connectivity index is 1.19. The van der Waals surface area contributed by atoms with Crippen LogP contribution in [-0.4, -0.2) is 0 Å². The van der Waals surface area contributed by atoms with Crippen LogP contribution in [0.15, 0.2) is 192 Å². The summed E-state index contributed by atoms with van der Waals surface area (Å²) in [6.07, 6.45) is 0. The molecule has 9 aromatic rings. The Kier molecular flexibility index (Phi) is 6.55. The highest BCUT2D eigenvalue weighted by atomic mass is 16.3. The van der Waals surface area contributed by atoms with Crippen LogP contribution in [-0.2, 0) is 10.8 Å². The van der Waals surface area contributed by atoms with E-state index in [9.17, 15) is 0 Å². The van der Waals surface area contributed by atoms with Crippen LogP contribution in [0.1, 0.15) is 47.2 Å². The van der Waals surface area contributed by atoms with Crippen molar-refractivity contribution in [3.05, 3.63) is 221 Å². The van der Waals surface area contributed by atoms with E-state index < -0.39 is 5.41 Å². The van der Waals surface area contributed by atoms with Crippen molar-refractivity contribution >= 4 is 39.0 Å². The van der Waals surface area contributed by atoms with Crippen molar-refractivity contribution in [1.29, 1.82) is 0 Å². The van der Waals surface area contributed by atoms with Gasteiger partial charge < -0.3 is 9.32 Å². The fourth-order valence-electron chi connectivity index (χ4n) is 9.72. The molecule has 0 amide bonds. The molecule has 11 rings (SSSR count). The maximum atomic E-state index is 6.48. The quantitative estimate of drug-likeness (QED) is 0.183. The number of furan rings is 1. The summed E-state index contributed by atoms with van der Waals surface area (Å²) in [4.78, 5) is 2.40. The van der Waals surface area contributed by atoms with Crippen molar-refractivity contribution in [2.24, 2.45) is 0 Å². The number of hydrogen-bond acceptors (Lipinski definition) is 2. The van der Waals surface area contributed by atoms with Crippen molar-refractivity contribution in [3.63, 3.8) is 0 Å². The van der Waals surface area contributed by atoms with E-state index in [0.29, 0.717) is 0 Å². The number of benzene rings is 8. The van der Waals surface area contributed by atoms with Gasteiger partial charge in [0.2, 0.25) is 0 Å². The first-order chi connectivity index (χ1) is 26.5. The van der Waals surface area contributed by atoms with Crippen molar-refractivity contribution < 1.29 is 4.42 Å². The first-order valence-electron chi connectivity index (χ1n) is 18.8. The molecule has 2 aliphatic carbocycles. The third kappa shape index (κ3) is 4.22. The SMILES string of the molecule is CC1(C)c2ccccc2C2(c3ccccc3-c3ccccc32)c2cc(N(c3ccc(-c4ccccc4)cc3)c3ccc4c(c3)oc3ccccc34)ccc21. The molecule has 8 aromatic carbocycles. The minimum absolute atomic E-state index is 0.211. The zero-order valence-corrected chi connectivity index (χ0v) is 30.3. The molecule has 2 heteroatoms. The van der Waals surface area contributed by atoms with Crippen LogP contribution in [0.4, 0.5) is 17.1 Å². The Bertz CT molecular complexity index is 2870. The molecular weight excluding hydrogens is 655 g/mol. The predicted octanol–water partition coefficient (Wildman–Crippen LogP) is 13.7. The average Bonchev–Trinajstić information content (AvgIpc) is 3.74. The summed E-state index contributed by atoms with van der Waals surface area (Å²) >= 11 is 0. The van der Waals surface area contributed by atoms with E-state index in [1.807, 2.05) is 6.07 Å². The van der Waals surface area contributed by atoms with E-state index in [1.165, 1.54) is 55.6 Å². The highest BCUT2D eigenvalue weighted by Crippen LogP contribution is 2.62. The summed E-state index contributed by atoms with van der Waals surface area (Å²) in [5, 5.41) is 2.25. The lowest BCUT2D eigenvalue weighted by Crippen LogP contribution is -2.40. The lowest BCUT2D eigenvalue weighted by molar-refractivity contribution is 0.563. The smallest absolute Gasteiger partial charge is 0.137 e. The van der Waals surface area contributed by atoms with E-state index in [1.54, 1.807) is 0 Å². The standard InChI is InChI=1S/C52H37NO/c1-51(2)45-21-11-12-22-47(45)52(43-19-9-6-16-39(43)40-17-7-10-20-44(40)52)48-32-37(29-31-46(48)51)53(36-26-24-35(25-27-36)34-14-4-3-5-15-34)38-28-30-42-41-18-8-13-23-49(41)54-50(42)33-38/h3-33H,1-2H3. The molecule has 1 spiro atoms. The summed E-state index contributed by atoms with van der Waals surface area (Å²) in [6, 6.07) is 69.0. The van der Waals surface area contributed by atoms with Crippen LogP contribution in [0.2, 0.25) is 0 Å². The van der Waals surface area contributed by atoms with E-state index >= 15 is 0 Å². The van der Waals surface area contributed by atoms with Gasteiger partial charge in [-0.1, -0.05) is 153 Å². The maximum absolute atomic E-state index is 6.48. The molecule has 0 unspecified atom stereocenters. The Morgan fingerprint density at radius 2 is 0.889 bits per heavy atom. The fourth-order valence-corrected chi connectivity index (χ4v) is 9.72. The van der Waals surface area contributed by atoms with Crippen molar-refractivity contribution in [3.8, 4) is 22.3 Å². The zero-order chi connectivity index (χ0) is 36.0. The molecule has 2 aliphatic rings. The fraction of sp³-hybridized carbons (Fsp3) is 0.0769. The molecule has 0 aliphatic heterocycles. The lowest BCUT2D eigenvalue weighted by atomic mass is 9.55. The van der Waals surface area contributed by atoms with Gasteiger partial charge in [-0.25, -0.2) is 0 Å². The van der Waals surface area contributed by atoms with Gasteiger partial charge >= 0.3 is 0 Å². The molecule has 1 heterocycles. The third-order valence-electron chi connectivity index (χ3n) is 12.1. The minimum atomic E-state index is -0.476. The van der Waals surface area contributed by atoms with E-state index in [-0.39, 0.29) is 5.41 Å². The third-order valence-corrected chi connectivity index (χ3v) is 12.1. The molecule has 256 valence electrons. The molecule has 0 bridgehead atoms. The van der Waals surface area contributed by atoms with Gasteiger partial charge in [0.15, 0.2) is 0 Å². The summed E-state index contributed by atoms with van der Waals surface area (Å²) in [5.41, 5.74) is 17.4. The highest BCUT2D eigenvalue weighted by molar-refractivity contribution is 6.06. The Hall–Kier alpha value is -6.64. The number of anilines is 3. The summed E-state index contributed by atoms with van der Waals surface area (Å²) < 4.78 is 6.48. The second kappa shape index (κ2) is 11.4. The van der Waals surface area contributed by atoms with Gasteiger partial charge in [-0.05, 0) is 98.1 Å². The Morgan fingerprint density at radius 3 is 1.63 bits per heavy atom. The van der Waals surface area contributed by atoms with Gasteiger partial charge in [0.05, 0.1) is 5.41 Å². The van der Waals surface area contributed by atoms with Crippen LogP contribution in [0.3, 0.4) is 0 Å². The maximum Gasteiger partial charge on any atom is 0.137 e. The Morgan fingerprint density at radius 1 is 0.370 bits per heavy atom. The van der Waals surface area contributed by atoms with E-state index in [4.69, 9.17) is 4.42 Å². The summed E-state index contributed by atoms with van der Waals surface area (Å²) in [5.74, 6) is 0. The topological polar surface area (TPSA) is 16.4 Å². The van der Waals surface area contributed by atoms with Crippen LogP contribution in [0.25, 0.3) is 44.2 Å². The lowest BCUT2D eigenvalue weighted by Gasteiger charge is -2.47. The van der Waals surface area contributed by atoms with Gasteiger partial charge in [0.1, 0.15) is 11.2 Å². The molecule has 0 fully saturated rings. The number of hydrogen-bond donors (Lipinski definition) is 0. The first kappa shape index (κ1) is 30.9. The minimum Gasteiger partial charge on any atom is -0.456 e. The van der Waals surface area contributed by atoms with Crippen molar-refractivity contribution in [1.82, 2.24) is 0 Å². The molecule has 2 nitrogen and oxygen atoms in total. The zero-order valence-electron chi connectivity index (χ0n) is 30.3. The van der Waals surface area contributed by atoms with Crippen LogP contribution in [0, 0.1) is 0 Å². The Labute approximate surface area is 315 Å². The largest absolute Gasteiger partial charge is 0.456 e. The van der Waals surface area contributed by atoms with Crippen LogP contribution in [0.5, 0.6) is 0 Å². The average molecular weight is 692 g/mol. The second-order valence-corrected chi connectivity index (χ2v) is 15.3. The molecular formula is C52H37NO. The van der Waals surface area contributed by atoms with Gasteiger partial charge in [-0.15, -0.1) is 0 Å². The molecule has 0 saturated carbocycles. The molecule has 1 aromatic heterocycles. The molecule has 0 saturated heterocycles. The molecule has 0 radical (unpaired) electrons. The van der Waals surface area contributed by atoms with Crippen molar-refractivity contribution in [2.45, 2.75) is 24.7 Å². The predicted molar refractivity (Wildman–Crippen MR) is 223 cm³/mol. The first-order valence-corrected chi connectivity index (χ1v) is 18.8. The van der Waals surface area contributed by atoms with E-state index in [2.05, 4.69) is 201 Å². The molecule has 0 atom stereocenters. The second-order valence-electron chi connectivity index (χ2n) is 15.3.